The van der Waals surface area contributed by atoms with Gasteiger partial charge in [0.25, 0.3) is 5.91 Å². The van der Waals surface area contributed by atoms with Crippen molar-refractivity contribution < 1.29 is 14.3 Å². The second-order valence-corrected chi connectivity index (χ2v) is 9.90. The average molecular weight is 458 g/mol. The van der Waals surface area contributed by atoms with E-state index in [1.165, 1.54) is 17.7 Å². The summed E-state index contributed by atoms with van der Waals surface area (Å²) < 4.78 is 5.15. The highest BCUT2D eigenvalue weighted by atomic mass is 32.1. The number of ether oxygens (including phenoxy) is 1. The smallest absolute Gasteiger partial charge is 0.251 e. The summed E-state index contributed by atoms with van der Waals surface area (Å²) in [4.78, 5) is 29.6. The number of nitrogens with zero attached hydrogens (tertiary/aromatic N) is 1. The number of piperidine rings is 1. The molecule has 0 saturated carbocycles. The van der Waals surface area contributed by atoms with Crippen LogP contribution < -0.4 is 15.4 Å². The van der Waals surface area contributed by atoms with Crippen LogP contribution >= 0.6 is 11.3 Å². The maximum Gasteiger partial charge on any atom is 0.251 e. The standard InChI is InChI=1S/C25H35N3O3S/c1-17(2)23(27-24(29)19-7-9-20(31-4)10-8-19)25(30)26-16-21(22-6-5-15-32-22)28-13-11-18(3)12-14-28/h5-10,15,17-18,21,23H,11-14,16H2,1-4H3,(H,26,30)(H,27,29). The van der Waals surface area contributed by atoms with E-state index in [-0.39, 0.29) is 23.8 Å². The topological polar surface area (TPSA) is 70.7 Å². The zero-order valence-corrected chi connectivity index (χ0v) is 20.3. The van der Waals surface area contributed by atoms with Gasteiger partial charge in [0.05, 0.1) is 13.2 Å². The van der Waals surface area contributed by atoms with Gasteiger partial charge in [0, 0.05) is 17.0 Å². The fraction of sp³-hybridized carbons (Fsp3) is 0.520. The summed E-state index contributed by atoms with van der Waals surface area (Å²) in [5.41, 5.74) is 0.503. The fourth-order valence-corrected chi connectivity index (χ4v) is 4.90. The van der Waals surface area contributed by atoms with Crippen LogP contribution in [0, 0.1) is 11.8 Å². The van der Waals surface area contributed by atoms with Gasteiger partial charge in [-0.25, -0.2) is 0 Å². The summed E-state index contributed by atoms with van der Waals surface area (Å²) in [6.45, 7) is 8.82. The van der Waals surface area contributed by atoms with E-state index in [0.717, 1.165) is 19.0 Å². The van der Waals surface area contributed by atoms with E-state index >= 15 is 0 Å². The maximum atomic E-state index is 13.1. The van der Waals surface area contributed by atoms with Gasteiger partial charge in [-0.3, -0.25) is 14.5 Å². The van der Waals surface area contributed by atoms with Crippen molar-refractivity contribution in [1.82, 2.24) is 15.5 Å². The van der Waals surface area contributed by atoms with Crippen LogP contribution in [0.4, 0.5) is 0 Å². The lowest BCUT2D eigenvalue weighted by atomic mass is 9.97. The molecule has 2 atom stereocenters. The van der Waals surface area contributed by atoms with Crippen molar-refractivity contribution in [1.29, 1.82) is 0 Å². The molecule has 0 spiro atoms. The summed E-state index contributed by atoms with van der Waals surface area (Å²) in [7, 11) is 1.59. The highest BCUT2D eigenvalue weighted by molar-refractivity contribution is 7.10. The predicted molar refractivity (Wildman–Crippen MR) is 129 cm³/mol. The van der Waals surface area contributed by atoms with Crippen LogP contribution in [0.5, 0.6) is 5.75 Å². The molecule has 2 amide bonds. The van der Waals surface area contributed by atoms with Gasteiger partial charge < -0.3 is 15.4 Å². The first-order chi connectivity index (χ1) is 15.4. The third kappa shape index (κ3) is 6.33. The molecule has 1 aromatic heterocycles. The molecular weight excluding hydrogens is 422 g/mol. The van der Waals surface area contributed by atoms with Crippen LogP contribution in [0.3, 0.4) is 0 Å². The fourth-order valence-electron chi connectivity index (χ4n) is 4.04. The van der Waals surface area contributed by atoms with Crippen molar-refractivity contribution in [2.45, 2.75) is 45.7 Å². The maximum absolute atomic E-state index is 13.1. The molecule has 2 heterocycles. The molecule has 1 aliphatic heterocycles. The molecule has 6 nitrogen and oxygen atoms in total. The van der Waals surface area contributed by atoms with E-state index in [2.05, 4.69) is 40.0 Å². The Labute approximate surface area is 195 Å². The van der Waals surface area contributed by atoms with E-state index in [1.54, 1.807) is 42.7 Å². The van der Waals surface area contributed by atoms with Gasteiger partial charge in [0.1, 0.15) is 11.8 Å². The zero-order chi connectivity index (χ0) is 23.1. The SMILES string of the molecule is COc1ccc(C(=O)NC(C(=O)NCC(c2cccs2)N2CCC(C)CC2)C(C)C)cc1. The van der Waals surface area contributed by atoms with Gasteiger partial charge in [-0.05, 0) is 73.5 Å². The van der Waals surface area contributed by atoms with Crippen molar-refractivity contribution >= 4 is 23.2 Å². The summed E-state index contributed by atoms with van der Waals surface area (Å²) >= 11 is 1.73. The van der Waals surface area contributed by atoms with Gasteiger partial charge >= 0.3 is 0 Å². The van der Waals surface area contributed by atoms with Crippen LogP contribution in [0.1, 0.15) is 54.9 Å². The van der Waals surface area contributed by atoms with Crippen LogP contribution in [-0.4, -0.2) is 49.5 Å². The number of carbonyl (C=O) groups excluding carboxylic acids is 2. The van der Waals surface area contributed by atoms with E-state index in [0.29, 0.717) is 17.9 Å². The first-order valence-corrected chi connectivity index (χ1v) is 12.3. The zero-order valence-electron chi connectivity index (χ0n) is 19.5. The Morgan fingerprint density at radius 1 is 1.16 bits per heavy atom. The van der Waals surface area contributed by atoms with Crippen molar-refractivity contribution in [2.24, 2.45) is 11.8 Å². The van der Waals surface area contributed by atoms with Crippen LogP contribution in [0.25, 0.3) is 0 Å². The molecule has 2 aromatic rings. The average Bonchev–Trinajstić information content (AvgIpc) is 3.33. The van der Waals surface area contributed by atoms with Gasteiger partial charge in [-0.2, -0.15) is 0 Å². The van der Waals surface area contributed by atoms with Crippen molar-refractivity contribution in [3.8, 4) is 5.75 Å². The number of thiophene rings is 1. The molecule has 0 aliphatic carbocycles. The number of likely N-dealkylation sites (tertiary alicyclic amines) is 1. The van der Waals surface area contributed by atoms with Gasteiger partial charge in [0.2, 0.25) is 5.91 Å². The molecule has 0 bridgehead atoms. The molecule has 3 rings (SSSR count). The van der Waals surface area contributed by atoms with Crippen molar-refractivity contribution in [3.05, 3.63) is 52.2 Å². The summed E-state index contributed by atoms with van der Waals surface area (Å²) in [5, 5.41) is 8.12. The summed E-state index contributed by atoms with van der Waals surface area (Å²) in [6.07, 6.45) is 2.37. The Bertz CT molecular complexity index is 859. The van der Waals surface area contributed by atoms with Crippen LogP contribution in [0.15, 0.2) is 41.8 Å². The highest BCUT2D eigenvalue weighted by Crippen LogP contribution is 2.29. The third-order valence-corrected chi connectivity index (χ3v) is 7.16. The van der Waals surface area contributed by atoms with Crippen molar-refractivity contribution in [2.75, 3.05) is 26.7 Å². The number of hydrogen-bond acceptors (Lipinski definition) is 5. The number of rotatable bonds is 9. The number of methoxy groups -OCH3 is 1. The Hall–Kier alpha value is -2.38. The number of amides is 2. The predicted octanol–water partition coefficient (Wildman–Crippen LogP) is 4.10. The monoisotopic (exact) mass is 457 g/mol. The molecule has 0 radical (unpaired) electrons. The lowest BCUT2D eigenvalue weighted by Gasteiger charge is -2.36. The largest absolute Gasteiger partial charge is 0.497 e. The molecule has 2 N–H and O–H groups in total. The number of carbonyl (C=O) groups is 2. The molecule has 7 heteroatoms. The molecule has 174 valence electrons. The van der Waals surface area contributed by atoms with E-state index in [9.17, 15) is 9.59 Å². The number of hydrogen-bond donors (Lipinski definition) is 2. The Morgan fingerprint density at radius 3 is 2.41 bits per heavy atom. The highest BCUT2D eigenvalue weighted by Gasteiger charge is 2.29. The first-order valence-electron chi connectivity index (χ1n) is 11.4. The summed E-state index contributed by atoms with van der Waals surface area (Å²) in [5.74, 6) is 0.998. The lowest BCUT2D eigenvalue weighted by Crippen LogP contribution is -2.51. The second-order valence-electron chi connectivity index (χ2n) is 8.92. The number of nitrogens with one attached hydrogen (secondary N) is 2. The lowest BCUT2D eigenvalue weighted by molar-refractivity contribution is -0.124. The minimum absolute atomic E-state index is 0.0341. The molecule has 1 fully saturated rings. The quantitative estimate of drug-likeness (QED) is 0.595. The molecule has 1 saturated heterocycles. The molecule has 1 aliphatic rings. The third-order valence-electron chi connectivity index (χ3n) is 6.19. The molecular formula is C25H35N3O3S. The molecule has 32 heavy (non-hydrogen) atoms. The van der Waals surface area contributed by atoms with Gasteiger partial charge in [0.15, 0.2) is 0 Å². The van der Waals surface area contributed by atoms with Gasteiger partial charge in [-0.1, -0.05) is 26.8 Å². The molecule has 2 unspecified atom stereocenters. The van der Waals surface area contributed by atoms with E-state index in [1.807, 2.05) is 13.8 Å². The molecule has 1 aromatic carbocycles. The summed E-state index contributed by atoms with van der Waals surface area (Å²) in [6, 6.07) is 10.7. The van der Waals surface area contributed by atoms with Crippen LogP contribution in [0.2, 0.25) is 0 Å². The van der Waals surface area contributed by atoms with E-state index < -0.39 is 6.04 Å². The Morgan fingerprint density at radius 2 is 1.84 bits per heavy atom. The first kappa shape index (κ1) is 24.3. The Kier molecular flexibility index (Phi) is 8.70. The second kappa shape index (κ2) is 11.5. The Balaban J connectivity index is 1.64. The van der Waals surface area contributed by atoms with Crippen LogP contribution in [-0.2, 0) is 4.79 Å². The van der Waals surface area contributed by atoms with Crippen molar-refractivity contribution in [3.63, 3.8) is 0 Å². The van der Waals surface area contributed by atoms with E-state index in [4.69, 9.17) is 4.74 Å². The normalized spacial score (nSPS) is 17.0. The minimum atomic E-state index is -0.602. The minimum Gasteiger partial charge on any atom is -0.497 e. The number of benzene rings is 1. The van der Waals surface area contributed by atoms with Gasteiger partial charge in [-0.15, -0.1) is 11.3 Å².